The smallest absolute Gasteiger partial charge is 0.267 e. The normalized spacial score (nSPS) is 24.5. The van der Waals surface area contributed by atoms with E-state index < -0.39 is 0 Å². The molecule has 0 unspecified atom stereocenters. The summed E-state index contributed by atoms with van der Waals surface area (Å²) in [7, 11) is 0. The summed E-state index contributed by atoms with van der Waals surface area (Å²) < 4.78 is 3.21. The first-order valence-electron chi connectivity index (χ1n) is 5.72. The van der Waals surface area contributed by atoms with E-state index in [0.29, 0.717) is 10.8 Å². The summed E-state index contributed by atoms with van der Waals surface area (Å²) >= 11 is 0. The fourth-order valence-electron chi connectivity index (χ4n) is 2.94. The maximum Gasteiger partial charge on any atom is 0.273 e. The fourth-order valence-corrected chi connectivity index (χ4v) is 2.94. The summed E-state index contributed by atoms with van der Waals surface area (Å²) in [4.78, 5) is 24.7. The minimum atomic E-state index is -0.0583. The highest BCUT2D eigenvalue weighted by atomic mass is 16.2. The highest BCUT2D eigenvalue weighted by Gasteiger charge is 2.34. The molecule has 17 heavy (non-hydrogen) atoms. The largest absolute Gasteiger partial charge is 0.273 e. The standard InChI is InChI=1S/C13H10N2O2/c16-12-10-3-1-2-4-11(10)13(17)15-9-6-5-8(7-9)14(12)15/h1-6,8-9H,7H2/t8-,9-/m0/s1. The SMILES string of the molecule is O=c1c2ccccc2c(=O)n2n1[C@H]1C=C[C@H]2C1. The highest BCUT2D eigenvalue weighted by molar-refractivity contribution is 5.80. The molecule has 2 atom stereocenters. The Kier molecular flexibility index (Phi) is 1.46. The van der Waals surface area contributed by atoms with Crippen LogP contribution in [0.15, 0.2) is 46.0 Å². The average Bonchev–Trinajstić information content (AvgIpc) is 2.96. The van der Waals surface area contributed by atoms with Crippen molar-refractivity contribution >= 4 is 10.8 Å². The van der Waals surface area contributed by atoms with Gasteiger partial charge in [0.15, 0.2) is 0 Å². The Morgan fingerprint density at radius 2 is 1.35 bits per heavy atom. The molecule has 1 aromatic carbocycles. The lowest BCUT2D eigenvalue weighted by Crippen LogP contribution is -2.37. The highest BCUT2D eigenvalue weighted by Crippen LogP contribution is 2.35. The predicted octanol–water partition coefficient (Wildman–Crippen LogP) is 1.22. The Bertz CT molecular complexity index is 718. The third-order valence-electron chi connectivity index (χ3n) is 3.70. The molecule has 0 spiro atoms. The van der Waals surface area contributed by atoms with Gasteiger partial charge in [0, 0.05) is 0 Å². The number of benzene rings is 1. The molecule has 1 aliphatic heterocycles. The molecule has 0 N–H and O–H groups in total. The van der Waals surface area contributed by atoms with Gasteiger partial charge in [-0.3, -0.25) is 9.59 Å². The Balaban J connectivity index is 2.29. The Morgan fingerprint density at radius 3 is 1.82 bits per heavy atom. The van der Waals surface area contributed by atoms with Gasteiger partial charge in [-0.25, -0.2) is 9.36 Å². The molecule has 2 aliphatic rings. The van der Waals surface area contributed by atoms with Crippen molar-refractivity contribution in [2.75, 3.05) is 0 Å². The van der Waals surface area contributed by atoms with Crippen LogP contribution >= 0.6 is 0 Å². The molecule has 2 bridgehead atoms. The van der Waals surface area contributed by atoms with Gasteiger partial charge in [0.2, 0.25) is 0 Å². The summed E-state index contributed by atoms with van der Waals surface area (Å²) in [5.74, 6) is 0. The van der Waals surface area contributed by atoms with Crippen molar-refractivity contribution in [3.63, 3.8) is 0 Å². The lowest BCUT2D eigenvalue weighted by Gasteiger charge is -2.16. The molecular formula is C13H10N2O2. The summed E-state index contributed by atoms with van der Waals surface area (Å²) in [6, 6.07) is 7.16. The lowest BCUT2D eigenvalue weighted by molar-refractivity contribution is 0.486. The van der Waals surface area contributed by atoms with Gasteiger partial charge < -0.3 is 0 Å². The van der Waals surface area contributed by atoms with Crippen LogP contribution in [0.2, 0.25) is 0 Å². The number of nitrogens with zero attached hydrogens (tertiary/aromatic N) is 2. The van der Waals surface area contributed by atoms with Gasteiger partial charge in [-0.15, -0.1) is 0 Å². The maximum absolute atomic E-state index is 12.3. The van der Waals surface area contributed by atoms with E-state index in [1.165, 1.54) is 0 Å². The third-order valence-corrected chi connectivity index (χ3v) is 3.70. The van der Waals surface area contributed by atoms with Crippen LogP contribution in [0.3, 0.4) is 0 Å². The second-order valence-electron chi connectivity index (χ2n) is 4.60. The zero-order valence-corrected chi connectivity index (χ0v) is 9.04. The molecule has 0 saturated heterocycles. The number of rotatable bonds is 0. The molecule has 0 saturated carbocycles. The van der Waals surface area contributed by atoms with Crippen LogP contribution in [-0.2, 0) is 0 Å². The molecule has 1 aliphatic carbocycles. The summed E-state index contributed by atoms with van der Waals surface area (Å²) in [6.07, 6.45) is 4.87. The van der Waals surface area contributed by atoms with Gasteiger partial charge in [-0.05, 0) is 18.6 Å². The van der Waals surface area contributed by atoms with Crippen LogP contribution in [0.5, 0.6) is 0 Å². The van der Waals surface area contributed by atoms with Gasteiger partial charge >= 0.3 is 0 Å². The predicted molar refractivity (Wildman–Crippen MR) is 64.3 cm³/mol. The van der Waals surface area contributed by atoms with Gasteiger partial charge in [-0.1, -0.05) is 24.3 Å². The van der Waals surface area contributed by atoms with E-state index in [0.717, 1.165) is 6.42 Å². The van der Waals surface area contributed by atoms with Crippen LogP contribution in [0.1, 0.15) is 18.5 Å². The molecular weight excluding hydrogens is 216 g/mol. The van der Waals surface area contributed by atoms with Crippen LogP contribution in [0, 0.1) is 0 Å². The Hall–Kier alpha value is -2.10. The van der Waals surface area contributed by atoms with E-state index >= 15 is 0 Å². The molecule has 4 heteroatoms. The van der Waals surface area contributed by atoms with Crippen LogP contribution in [0.25, 0.3) is 10.8 Å². The van der Waals surface area contributed by atoms with Crippen molar-refractivity contribution in [2.45, 2.75) is 18.5 Å². The van der Waals surface area contributed by atoms with E-state index in [1.54, 1.807) is 33.6 Å². The van der Waals surface area contributed by atoms with Crippen LogP contribution in [-0.4, -0.2) is 9.36 Å². The van der Waals surface area contributed by atoms with E-state index in [9.17, 15) is 9.59 Å². The molecule has 2 aromatic rings. The quantitative estimate of drug-likeness (QED) is 0.634. The first-order chi connectivity index (χ1) is 8.27. The minimum Gasteiger partial charge on any atom is -0.267 e. The molecule has 4 rings (SSSR count). The first-order valence-corrected chi connectivity index (χ1v) is 5.72. The average molecular weight is 226 g/mol. The molecule has 2 heterocycles. The molecule has 4 nitrogen and oxygen atoms in total. The molecule has 84 valence electrons. The monoisotopic (exact) mass is 226 g/mol. The first kappa shape index (κ1) is 8.98. The van der Waals surface area contributed by atoms with Crippen LogP contribution in [0.4, 0.5) is 0 Å². The summed E-state index contributed by atoms with van der Waals surface area (Å²) in [5, 5.41) is 1.05. The van der Waals surface area contributed by atoms with Crippen molar-refractivity contribution in [3.05, 3.63) is 57.1 Å². The van der Waals surface area contributed by atoms with E-state index in [2.05, 4.69) is 0 Å². The number of fused-ring (bicyclic) bond motifs is 6. The van der Waals surface area contributed by atoms with Crippen molar-refractivity contribution in [1.82, 2.24) is 9.36 Å². The third kappa shape index (κ3) is 0.934. The number of hydrogen-bond donors (Lipinski definition) is 0. The zero-order valence-electron chi connectivity index (χ0n) is 9.04. The van der Waals surface area contributed by atoms with E-state index in [-0.39, 0.29) is 23.2 Å². The van der Waals surface area contributed by atoms with Gasteiger partial charge in [-0.2, -0.15) is 0 Å². The zero-order chi connectivity index (χ0) is 11.6. The van der Waals surface area contributed by atoms with Gasteiger partial charge in [0.05, 0.1) is 22.9 Å². The van der Waals surface area contributed by atoms with Crippen molar-refractivity contribution in [1.29, 1.82) is 0 Å². The van der Waals surface area contributed by atoms with Gasteiger partial charge in [0.1, 0.15) is 0 Å². The minimum absolute atomic E-state index is 0.0583. The molecule has 0 amide bonds. The fraction of sp³-hybridized carbons (Fsp3) is 0.231. The Labute approximate surface area is 96.4 Å². The van der Waals surface area contributed by atoms with Crippen molar-refractivity contribution in [3.8, 4) is 0 Å². The summed E-state index contributed by atoms with van der Waals surface area (Å²) in [5.41, 5.74) is -0.117. The number of hydrogen-bond acceptors (Lipinski definition) is 2. The topological polar surface area (TPSA) is 44.0 Å². The lowest BCUT2D eigenvalue weighted by atomic mass is 10.2. The Morgan fingerprint density at radius 1 is 0.882 bits per heavy atom. The second-order valence-corrected chi connectivity index (χ2v) is 4.60. The van der Waals surface area contributed by atoms with Gasteiger partial charge in [0.25, 0.3) is 11.1 Å². The molecule has 1 aromatic heterocycles. The number of allylic oxidation sites excluding steroid dienone is 2. The summed E-state index contributed by atoms with van der Waals surface area (Å²) in [6.45, 7) is 0. The second kappa shape index (κ2) is 2.77. The molecule has 0 fully saturated rings. The maximum atomic E-state index is 12.3. The van der Waals surface area contributed by atoms with E-state index in [4.69, 9.17) is 0 Å². The van der Waals surface area contributed by atoms with Crippen molar-refractivity contribution < 1.29 is 0 Å². The number of aromatic nitrogens is 2. The van der Waals surface area contributed by atoms with Crippen LogP contribution < -0.4 is 11.1 Å². The van der Waals surface area contributed by atoms with Crippen molar-refractivity contribution in [2.24, 2.45) is 0 Å². The molecule has 0 radical (unpaired) electrons. The van der Waals surface area contributed by atoms with E-state index in [1.807, 2.05) is 12.2 Å².